The van der Waals surface area contributed by atoms with E-state index in [2.05, 4.69) is 9.89 Å². The van der Waals surface area contributed by atoms with E-state index in [1.807, 2.05) is 25.1 Å². The lowest BCUT2D eigenvalue weighted by Crippen LogP contribution is -2.40. The molecule has 39 heavy (non-hydrogen) atoms. The number of carbonyl (C=O) groups excluding carboxylic acids is 1. The summed E-state index contributed by atoms with van der Waals surface area (Å²) in [5.74, 6) is 1.84. The summed E-state index contributed by atoms with van der Waals surface area (Å²) in [5, 5.41) is 0. The van der Waals surface area contributed by atoms with E-state index in [9.17, 15) is 9.59 Å². The monoisotopic (exact) mass is 553 g/mol. The van der Waals surface area contributed by atoms with Gasteiger partial charge < -0.3 is 28.3 Å². The number of ether oxygens (including phenoxy) is 4. The number of fused-ring (bicyclic) bond motifs is 1. The molecule has 1 aromatic carbocycles. The first kappa shape index (κ1) is 26.8. The minimum Gasteiger partial charge on any atom is -0.493 e. The van der Waals surface area contributed by atoms with Gasteiger partial charge in [0.2, 0.25) is 0 Å². The Morgan fingerprint density at radius 3 is 2.67 bits per heavy atom. The first-order valence-corrected chi connectivity index (χ1v) is 13.7. The van der Waals surface area contributed by atoms with E-state index >= 15 is 0 Å². The van der Waals surface area contributed by atoms with Gasteiger partial charge in [0, 0.05) is 25.2 Å². The molecule has 5 rings (SSSR count). The van der Waals surface area contributed by atoms with Gasteiger partial charge in [0.1, 0.15) is 5.76 Å². The van der Waals surface area contributed by atoms with Crippen molar-refractivity contribution in [2.75, 3.05) is 51.5 Å². The first-order chi connectivity index (χ1) is 18.9. The second-order valence-corrected chi connectivity index (χ2v) is 9.93. The maximum atomic E-state index is 13.9. The highest BCUT2D eigenvalue weighted by Gasteiger charge is 2.34. The molecule has 0 amide bonds. The van der Waals surface area contributed by atoms with Gasteiger partial charge >= 0.3 is 5.97 Å². The van der Waals surface area contributed by atoms with E-state index < -0.39 is 12.0 Å². The fraction of sp³-hybridized carbons (Fsp3) is 0.393. The number of morpholine rings is 1. The third-order valence-electron chi connectivity index (χ3n) is 6.53. The fourth-order valence-electron chi connectivity index (χ4n) is 4.74. The highest BCUT2D eigenvalue weighted by Crippen LogP contribution is 2.36. The number of anilines is 1. The van der Waals surface area contributed by atoms with Gasteiger partial charge in [-0.2, -0.15) is 0 Å². The molecule has 0 radical (unpaired) electrons. The number of allylic oxidation sites excluding steroid dienone is 1. The topological polar surface area (TPSA) is 105 Å². The number of esters is 1. The molecule has 206 valence electrons. The number of methoxy groups -OCH3 is 1. The largest absolute Gasteiger partial charge is 0.493 e. The van der Waals surface area contributed by atoms with Crippen molar-refractivity contribution >= 4 is 29.3 Å². The van der Waals surface area contributed by atoms with E-state index in [4.69, 9.17) is 23.4 Å². The van der Waals surface area contributed by atoms with Crippen molar-refractivity contribution in [2.45, 2.75) is 26.8 Å². The summed E-state index contributed by atoms with van der Waals surface area (Å²) >= 11 is 1.25. The average molecular weight is 554 g/mol. The molecule has 11 heteroatoms. The minimum atomic E-state index is -0.756. The fourth-order valence-corrected chi connectivity index (χ4v) is 5.77. The van der Waals surface area contributed by atoms with Crippen molar-refractivity contribution in [3.8, 4) is 11.5 Å². The number of hydrogen-bond donors (Lipinski definition) is 0. The summed E-state index contributed by atoms with van der Waals surface area (Å²) < 4.78 is 30.1. The average Bonchev–Trinajstić information content (AvgIpc) is 3.53. The molecule has 3 aromatic rings. The Morgan fingerprint density at radius 2 is 1.95 bits per heavy atom. The molecule has 2 aromatic heterocycles. The van der Waals surface area contributed by atoms with Gasteiger partial charge in [-0.1, -0.05) is 17.4 Å². The molecule has 1 saturated heterocycles. The van der Waals surface area contributed by atoms with Crippen molar-refractivity contribution in [2.24, 2.45) is 4.99 Å². The quantitative estimate of drug-likeness (QED) is 0.392. The molecule has 0 bridgehead atoms. The minimum absolute atomic E-state index is 0.198. The molecular weight excluding hydrogens is 522 g/mol. The molecule has 0 N–H and O–H groups in total. The zero-order valence-corrected chi connectivity index (χ0v) is 23.2. The van der Waals surface area contributed by atoms with Crippen LogP contribution in [0, 0.1) is 0 Å². The lowest BCUT2D eigenvalue weighted by Gasteiger charge is -2.26. The van der Waals surface area contributed by atoms with Crippen LogP contribution in [0.4, 0.5) is 5.88 Å². The number of nitrogens with zero attached hydrogens (tertiary/aromatic N) is 3. The molecule has 0 spiro atoms. The van der Waals surface area contributed by atoms with Crippen LogP contribution in [0.1, 0.15) is 38.1 Å². The zero-order chi connectivity index (χ0) is 27.5. The van der Waals surface area contributed by atoms with Gasteiger partial charge in [-0.05, 0) is 44.5 Å². The number of thiazole rings is 1. The van der Waals surface area contributed by atoms with Crippen LogP contribution in [0.5, 0.6) is 11.5 Å². The number of rotatable bonds is 8. The third kappa shape index (κ3) is 5.24. The van der Waals surface area contributed by atoms with Crippen molar-refractivity contribution in [1.82, 2.24) is 4.57 Å². The van der Waals surface area contributed by atoms with Crippen LogP contribution in [0.3, 0.4) is 0 Å². The summed E-state index contributed by atoms with van der Waals surface area (Å²) in [6.45, 7) is 8.79. The second-order valence-electron chi connectivity index (χ2n) is 8.92. The van der Waals surface area contributed by atoms with E-state index in [1.54, 1.807) is 43.7 Å². The Labute approximate surface area is 229 Å². The predicted octanol–water partition coefficient (Wildman–Crippen LogP) is 2.64. The standard InChI is InChI=1S/C28H31N3O7S/c1-5-36-21-15-18(7-9-20(21)34-4)25-24(27(33)37-6-2)17(3)29-28-31(25)26(32)22(39-28)16-19-8-10-23(38-19)30-11-13-35-14-12-30/h7-10,15-16,25H,5-6,11-14H2,1-4H3/b22-16-. The summed E-state index contributed by atoms with van der Waals surface area (Å²) in [5.41, 5.74) is 1.19. The van der Waals surface area contributed by atoms with Crippen LogP contribution in [0.15, 0.2) is 55.8 Å². The Hall–Kier alpha value is -3.83. The van der Waals surface area contributed by atoms with Crippen LogP contribution < -0.4 is 29.3 Å². The van der Waals surface area contributed by atoms with Crippen LogP contribution in [0.2, 0.25) is 0 Å². The van der Waals surface area contributed by atoms with E-state index in [1.165, 1.54) is 11.3 Å². The molecule has 0 saturated carbocycles. The summed E-state index contributed by atoms with van der Waals surface area (Å²) in [6, 6.07) is 8.36. The summed E-state index contributed by atoms with van der Waals surface area (Å²) in [4.78, 5) is 34.2. The second kappa shape index (κ2) is 11.5. The first-order valence-electron chi connectivity index (χ1n) is 12.9. The highest BCUT2D eigenvalue weighted by atomic mass is 32.1. The highest BCUT2D eigenvalue weighted by molar-refractivity contribution is 7.07. The number of furan rings is 1. The molecule has 2 aliphatic heterocycles. The molecule has 4 heterocycles. The van der Waals surface area contributed by atoms with Gasteiger partial charge in [-0.3, -0.25) is 9.36 Å². The summed E-state index contributed by atoms with van der Waals surface area (Å²) in [7, 11) is 1.56. The number of carbonyl (C=O) groups is 1. The summed E-state index contributed by atoms with van der Waals surface area (Å²) in [6.07, 6.45) is 1.72. The van der Waals surface area contributed by atoms with Gasteiger partial charge in [-0.15, -0.1) is 0 Å². The third-order valence-corrected chi connectivity index (χ3v) is 7.51. The van der Waals surface area contributed by atoms with E-state index in [0.29, 0.717) is 63.2 Å². The molecular formula is C28H31N3O7S. The predicted molar refractivity (Wildman–Crippen MR) is 146 cm³/mol. The maximum absolute atomic E-state index is 13.9. The zero-order valence-electron chi connectivity index (χ0n) is 22.4. The molecule has 1 unspecified atom stereocenters. The number of benzene rings is 1. The van der Waals surface area contributed by atoms with E-state index in [-0.39, 0.29) is 12.2 Å². The molecule has 1 atom stereocenters. The molecule has 1 fully saturated rings. The van der Waals surface area contributed by atoms with Crippen LogP contribution >= 0.6 is 11.3 Å². The maximum Gasteiger partial charge on any atom is 0.338 e. The van der Waals surface area contributed by atoms with Crippen LogP contribution in [-0.4, -0.2) is 57.2 Å². The van der Waals surface area contributed by atoms with Crippen molar-refractivity contribution in [3.05, 3.63) is 72.6 Å². The van der Waals surface area contributed by atoms with Crippen LogP contribution in [0.25, 0.3) is 6.08 Å². The molecule has 2 aliphatic rings. The Bertz CT molecular complexity index is 1580. The number of aromatic nitrogens is 1. The molecule has 10 nitrogen and oxygen atoms in total. The Kier molecular flexibility index (Phi) is 7.89. The SMILES string of the molecule is CCOC(=O)C1=C(C)N=c2s/c(=C\c3ccc(N4CCOCC4)o3)c(=O)n2C1c1ccc(OC)c(OCC)c1. The Morgan fingerprint density at radius 1 is 1.15 bits per heavy atom. The van der Waals surface area contributed by atoms with Gasteiger partial charge in [0.05, 0.1) is 55.4 Å². The van der Waals surface area contributed by atoms with E-state index in [0.717, 1.165) is 19.0 Å². The lowest BCUT2D eigenvalue weighted by molar-refractivity contribution is -0.139. The molecule has 0 aliphatic carbocycles. The van der Waals surface area contributed by atoms with Gasteiger partial charge in [0.15, 0.2) is 22.2 Å². The number of hydrogen-bond acceptors (Lipinski definition) is 10. The van der Waals surface area contributed by atoms with Crippen molar-refractivity contribution in [1.29, 1.82) is 0 Å². The smallest absolute Gasteiger partial charge is 0.338 e. The Balaban J connectivity index is 1.63. The van der Waals surface area contributed by atoms with Crippen molar-refractivity contribution in [3.63, 3.8) is 0 Å². The van der Waals surface area contributed by atoms with Gasteiger partial charge in [-0.25, -0.2) is 9.79 Å². The normalized spacial score (nSPS) is 17.6. The van der Waals surface area contributed by atoms with Crippen LogP contribution in [-0.2, 0) is 14.3 Å². The van der Waals surface area contributed by atoms with Gasteiger partial charge in [0.25, 0.3) is 5.56 Å². The lowest BCUT2D eigenvalue weighted by atomic mass is 9.95. The van der Waals surface area contributed by atoms with Crippen molar-refractivity contribution < 1.29 is 28.2 Å².